The zero-order valence-electron chi connectivity index (χ0n) is 15.8. The molecule has 29 heavy (non-hydrogen) atoms. The molecule has 0 bridgehead atoms. The van der Waals surface area contributed by atoms with Gasteiger partial charge in [0.15, 0.2) is 0 Å². The van der Waals surface area contributed by atoms with Gasteiger partial charge in [-0.3, -0.25) is 9.71 Å². The molecule has 0 unspecified atom stereocenters. The van der Waals surface area contributed by atoms with Crippen molar-refractivity contribution in [3.63, 3.8) is 0 Å². The predicted molar refractivity (Wildman–Crippen MR) is 116 cm³/mol. The average Bonchev–Trinajstić information content (AvgIpc) is 2.73. The summed E-state index contributed by atoms with van der Waals surface area (Å²) in [6, 6.07) is 21.7. The highest BCUT2D eigenvalue weighted by Gasteiger charge is 2.18. The molecule has 0 aliphatic heterocycles. The van der Waals surface area contributed by atoms with E-state index in [0.717, 1.165) is 16.5 Å². The fraction of sp³-hybridized carbons (Fsp3) is 0.0417. The Kier molecular flexibility index (Phi) is 5.03. The summed E-state index contributed by atoms with van der Waals surface area (Å²) in [5.74, 6) is 6.14. The number of aromatic nitrogens is 1. The molecule has 5 heteroatoms. The lowest BCUT2D eigenvalue weighted by Crippen LogP contribution is -2.14. The second kappa shape index (κ2) is 7.78. The Hall–Kier alpha value is -3.62. The van der Waals surface area contributed by atoms with Crippen LogP contribution >= 0.6 is 0 Å². The van der Waals surface area contributed by atoms with Gasteiger partial charge in [0.2, 0.25) is 0 Å². The molecule has 3 aromatic carbocycles. The molecule has 4 aromatic rings. The summed E-state index contributed by atoms with van der Waals surface area (Å²) in [4.78, 5) is 4.33. The fourth-order valence-electron chi connectivity index (χ4n) is 3.04. The van der Waals surface area contributed by atoms with E-state index < -0.39 is 10.0 Å². The van der Waals surface area contributed by atoms with E-state index in [0.29, 0.717) is 16.6 Å². The van der Waals surface area contributed by atoms with Crippen molar-refractivity contribution in [2.45, 2.75) is 11.8 Å². The minimum atomic E-state index is -3.78. The summed E-state index contributed by atoms with van der Waals surface area (Å²) in [6.07, 6.45) is 3.41. The van der Waals surface area contributed by atoms with Gasteiger partial charge in [-0.1, -0.05) is 60.4 Å². The Balaban J connectivity index is 1.73. The quantitative estimate of drug-likeness (QED) is 0.507. The van der Waals surface area contributed by atoms with Crippen LogP contribution in [0.3, 0.4) is 0 Å². The number of nitrogens with one attached hydrogen (secondary N) is 1. The van der Waals surface area contributed by atoms with Gasteiger partial charge in [0, 0.05) is 28.9 Å². The largest absolute Gasteiger partial charge is 0.278 e. The highest BCUT2D eigenvalue weighted by atomic mass is 32.2. The first-order valence-corrected chi connectivity index (χ1v) is 10.6. The molecule has 1 N–H and O–H groups in total. The SMILES string of the molecule is Cc1ccncc1C#Cc1ccccc1NS(=O)(=O)c1cccc2ccccc12. The number of hydrogen-bond donors (Lipinski definition) is 1. The van der Waals surface area contributed by atoms with E-state index in [1.54, 1.807) is 48.8 Å². The van der Waals surface area contributed by atoms with Crippen LogP contribution in [0.5, 0.6) is 0 Å². The van der Waals surface area contributed by atoms with E-state index in [1.165, 1.54) is 0 Å². The van der Waals surface area contributed by atoms with Crippen molar-refractivity contribution in [3.8, 4) is 11.8 Å². The highest BCUT2D eigenvalue weighted by Crippen LogP contribution is 2.26. The summed E-state index contributed by atoms with van der Waals surface area (Å²) >= 11 is 0. The molecule has 0 fully saturated rings. The van der Waals surface area contributed by atoms with Gasteiger partial charge in [-0.2, -0.15) is 0 Å². The van der Waals surface area contributed by atoms with E-state index in [-0.39, 0.29) is 4.90 Å². The van der Waals surface area contributed by atoms with E-state index in [2.05, 4.69) is 21.5 Å². The molecule has 1 heterocycles. The van der Waals surface area contributed by atoms with Gasteiger partial charge in [0.25, 0.3) is 10.0 Å². The smallest absolute Gasteiger partial charge is 0.262 e. The molecule has 1 aromatic heterocycles. The zero-order chi connectivity index (χ0) is 20.3. The number of hydrogen-bond acceptors (Lipinski definition) is 3. The van der Waals surface area contributed by atoms with Crippen LogP contribution in [0.25, 0.3) is 10.8 Å². The van der Waals surface area contributed by atoms with Crippen molar-refractivity contribution in [3.05, 3.63) is 102 Å². The first-order chi connectivity index (χ1) is 14.0. The second-order valence-corrected chi connectivity index (χ2v) is 8.22. The topological polar surface area (TPSA) is 59.1 Å². The van der Waals surface area contributed by atoms with Crippen LogP contribution in [0.4, 0.5) is 5.69 Å². The van der Waals surface area contributed by atoms with Gasteiger partial charge in [-0.25, -0.2) is 8.42 Å². The van der Waals surface area contributed by atoms with Crippen LogP contribution in [0.15, 0.2) is 90.1 Å². The number of para-hydroxylation sites is 1. The van der Waals surface area contributed by atoms with Gasteiger partial charge in [-0.05, 0) is 42.1 Å². The van der Waals surface area contributed by atoms with Crippen molar-refractivity contribution in [2.75, 3.05) is 4.72 Å². The van der Waals surface area contributed by atoms with Crippen molar-refractivity contribution in [2.24, 2.45) is 0 Å². The van der Waals surface area contributed by atoms with Crippen LogP contribution < -0.4 is 4.72 Å². The zero-order valence-corrected chi connectivity index (χ0v) is 16.6. The maximum Gasteiger partial charge on any atom is 0.262 e. The monoisotopic (exact) mass is 398 g/mol. The Bertz CT molecular complexity index is 1360. The number of fused-ring (bicyclic) bond motifs is 1. The molecule has 0 saturated heterocycles. The van der Waals surface area contributed by atoms with Gasteiger partial charge < -0.3 is 0 Å². The lowest BCUT2D eigenvalue weighted by molar-refractivity contribution is 0.602. The number of sulfonamides is 1. The molecular weight excluding hydrogens is 380 g/mol. The summed E-state index contributed by atoms with van der Waals surface area (Å²) in [6.45, 7) is 1.96. The van der Waals surface area contributed by atoms with Crippen molar-refractivity contribution < 1.29 is 8.42 Å². The summed E-state index contributed by atoms with van der Waals surface area (Å²) < 4.78 is 29.0. The highest BCUT2D eigenvalue weighted by molar-refractivity contribution is 7.93. The lowest BCUT2D eigenvalue weighted by atomic mass is 10.1. The van der Waals surface area contributed by atoms with Crippen LogP contribution in [0.1, 0.15) is 16.7 Å². The predicted octanol–water partition coefficient (Wildman–Crippen LogP) is 4.74. The third kappa shape index (κ3) is 3.98. The number of rotatable bonds is 3. The number of aryl methyl sites for hydroxylation is 1. The normalized spacial score (nSPS) is 10.9. The van der Waals surface area contributed by atoms with Gasteiger partial charge in [0.05, 0.1) is 10.6 Å². The van der Waals surface area contributed by atoms with Gasteiger partial charge >= 0.3 is 0 Å². The second-order valence-electron chi connectivity index (χ2n) is 6.57. The summed E-state index contributed by atoms with van der Waals surface area (Å²) in [7, 11) is -3.78. The number of pyridine rings is 1. The lowest BCUT2D eigenvalue weighted by Gasteiger charge is -2.12. The molecule has 0 atom stereocenters. The fourth-order valence-corrected chi connectivity index (χ4v) is 4.35. The van der Waals surface area contributed by atoms with Crippen LogP contribution in [-0.4, -0.2) is 13.4 Å². The Labute approximate surface area is 170 Å². The Morgan fingerprint density at radius 3 is 2.41 bits per heavy atom. The van der Waals surface area contributed by atoms with E-state index >= 15 is 0 Å². The van der Waals surface area contributed by atoms with Crippen LogP contribution in [0.2, 0.25) is 0 Å². The van der Waals surface area contributed by atoms with Gasteiger partial charge in [0.1, 0.15) is 0 Å². The molecule has 0 aliphatic carbocycles. The number of benzene rings is 3. The van der Waals surface area contributed by atoms with E-state index in [9.17, 15) is 8.42 Å². The van der Waals surface area contributed by atoms with Crippen molar-refractivity contribution in [1.82, 2.24) is 4.98 Å². The number of anilines is 1. The third-order valence-corrected chi connectivity index (χ3v) is 6.01. The van der Waals surface area contributed by atoms with Gasteiger partial charge in [-0.15, -0.1) is 0 Å². The minimum Gasteiger partial charge on any atom is -0.278 e. The standard InChI is InChI=1S/C24H18N2O2S/c1-18-15-16-25-17-21(18)14-13-20-8-3-5-11-23(20)26-29(27,28)24-12-6-9-19-7-2-4-10-22(19)24/h2-12,15-17,26H,1H3. The molecule has 4 nitrogen and oxygen atoms in total. The molecule has 0 radical (unpaired) electrons. The molecule has 142 valence electrons. The maximum atomic E-state index is 13.1. The molecule has 4 rings (SSSR count). The summed E-state index contributed by atoms with van der Waals surface area (Å²) in [5.41, 5.74) is 2.86. The van der Waals surface area contributed by atoms with Crippen LogP contribution in [0, 0.1) is 18.8 Å². The van der Waals surface area contributed by atoms with Crippen LogP contribution in [-0.2, 0) is 10.0 Å². The minimum absolute atomic E-state index is 0.237. The Morgan fingerprint density at radius 1 is 0.828 bits per heavy atom. The first-order valence-electron chi connectivity index (χ1n) is 9.07. The van der Waals surface area contributed by atoms with Crippen molar-refractivity contribution >= 4 is 26.5 Å². The maximum absolute atomic E-state index is 13.1. The first kappa shape index (κ1) is 18.7. The van der Waals surface area contributed by atoms with E-state index in [4.69, 9.17) is 0 Å². The van der Waals surface area contributed by atoms with Crippen molar-refractivity contribution in [1.29, 1.82) is 0 Å². The van der Waals surface area contributed by atoms with E-state index in [1.807, 2.05) is 43.3 Å². The molecule has 0 aliphatic rings. The third-order valence-electron chi connectivity index (χ3n) is 4.58. The average molecular weight is 398 g/mol. The number of nitrogens with zero attached hydrogens (tertiary/aromatic N) is 1. The Morgan fingerprint density at radius 2 is 1.55 bits per heavy atom. The molecule has 0 amide bonds. The molecule has 0 spiro atoms. The summed E-state index contributed by atoms with van der Waals surface area (Å²) in [5, 5.41) is 1.55. The molecule has 0 saturated carbocycles. The molecular formula is C24H18N2O2S.